The molecule has 250 valence electrons. The second kappa shape index (κ2) is 17.0. The first-order valence-electron chi connectivity index (χ1n) is 15.7. The van der Waals surface area contributed by atoms with Crippen molar-refractivity contribution in [3.63, 3.8) is 0 Å². The van der Waals surface area contributed by atoms with Gasteiger partial charge in [-0.05, 0) is 70.6 Å². The normalized spacial score (nSPS) is 17.4. The standard InChI is InChI=1S/C37H38N2O8S/c40-22-24-10-12-26(13-11-24)33-20-31(23-48-32-16-14-27(15-17-32)36(43)44)46-37(47-33)30-7-2-6-29(19-30)28-5-1-4-25(18-28)21-38-34(41)8-3-9-35(42)39-45/h1-2,4-7,10-19,31,33,37,40,45H,3,8-9,20-23H2,(H,38,41)(H,39,42)(H,43,44)/t31-,33+,37+/m0/s1. The molecule has 0 unspecified atom stereocenters. The second-order valence-corrected chi connectivity index (χ2v) is 12.6. The van der Waals surface area contributed by atoms with Crippen LogP contribution in [0.2, 0.25) is 0 Å². The first kappa shape index (κ1) is 34.8. The molecule has 0 spiro atoms. The summed E-state index contributed by atoms with van der Waals surface area (Å²) in [4.78, 5) is 35.6. The number of ether oxygens (including phenoxy) is 2. The lowest BCUT2D eigenvalue weighted by Crippen LogP contribution is -2.31. The molecule has 4 aromatic rings. The number of carbonyl (C=O) groups is 3. The van der Waals surface area contributed by atoms with Crippen molar-refractivity contribution in [1.29, 1.82) is 0 Å². The van der Waals surface area contributed by atoms with Gasteiger partial charge in [0.2, 0.25) is 11.8 Å². The van der Waals surface area contributed by atoms with Gasteiger partial charge in [-0.15, -0.1) is 11.8 Å². The Morgan fingerprint density at radius 2 is 1.50 bits per heavy atom. The Bertz CT molecular complexity index is 1700. The zero-order chi connectivity index (χ0) is 33.9. The van der Waals surface area contributed by atoms with Gasteiger partial charge in [0.15, 0.2) is 6.29 Å². The van der Waals surface area contributed by atoms with Crippen LogP contribution in [0, 0.1) is 0 Å². The molecule has 5 N–H and O–H groups in total. The Kier molecular flexibility index (Phi) is 12.4. The third kappa shape index (κ3) is 9.75. The van der Waals surface area contributed by atoms with E-state index in [-0.39, 0.29) is 43.1 Å². The average molecular weight is 671 g/mol. The van der Waals surface area contributed by atoms with Gasteiger partial charge in [-0.25, -0.2) is 10.3 Å². The molecule has 1 aliphatic heterocycles. The lowest BCUT2D eigenvalue weighted by atomic mass is 9.99. The van der Waals surface area contributed by atoms with Crippen molar-refractivity contribution < 1.29 is 39.3 Å². The molecule has 4 aromatic carbocycles. The van der Waals surface area contributed by atoms with Crippen LogP contribution in [-0.2, 0) is 32.2 Å². The van der Waals surface area contributed by atoms with E-state index >= 15 is 0 Å². The maximum atomic E-state index is 12.2. The molecule has 0 radical (unpaired) electrons. The van der Waals surface area contributed by atoms with Crippen LogP contribution in [0.3, 0.4) is 0 Å². The van der Waals surface area contributed by atoms with Gasteiger partial charge in [0.25, 0.3) is 0 Å². The number of nitrogens with one attached hydrogen (secondary N) is 2. The Balaban J connectivity index is 1.29. The van der Waals surface area contributed by atoms with Crippen LogP contribution in [0.15, 0.2) is 102 Å². The number of aliphatic hydroxyl groups is 1. The summed E-state index contributed by atoms with van der Waals surface area (Å²) in [5, 5.41) is 30.2. The predicted octanol–water partition coefficient (Wildman–Crippen LogP) is 6.17. The molecule has 1 aliphatic rings. The number of amides is 2. The SMILES string of the molecule is O=C(CCCC(=O)NCc1cccc(-c2cccc([C@@H]3O[C@H](CSc4ccc(C(=O)O)cc4)C[C@H](c4ccc(CO)cc4)O3)c2)c1)NO. The minimum Gasteiger partial charge on any atom is -0.478 e. The fourth-order valence-electron chi connectivity index (χ4n) is 5.39. The van der Waals surface area contributed by atoms with Crippen molar-refractivity contribution in [2.45, 2.75) is 62.2 Å². The first-order valence-corrected chi connectivity index (χ1v) is 16.7. The monoisotopic (exact) mass is 670 g/mol. The number of rotatable bonds is 14. The number of benzene rings is 4. The highest BCUT2D eigenvalue weighted by Crippen LogP contribution is 2.40. The fourth-order valence-corrected chi connectivity index (χ4v) is 6.31. The van der Waals surface area contributed by atoms with E-state index in [1.165, 1.54) is 0 Å². The van der Waals surface area contributed by atoms with Crippen molar-refractivity contribution in [3.8, 4) is 11.1 Å². The molecule has 0 saturated carbocycles. The van der Waals surface area contributed by atoms with Gasteiger partial charge in [0, 0.05) is 42.0 Å². The van der Waals surface area contributed by atoms with Gasteiger partial charge >= 0.3 is 5.97 Å². The Morgan fingerprint density at radius 3 is 2.21 bits per heavy atom. The van der Waals surface area contributed by atoms with Gasteiger partial charge in [-0.3, -0.25) is 14.8 Å². The number of carboxylic acids is 1. The zero-order valence-electron chi connectivity index (χ0n) is 26.2. The average Bonchev–Trinajstić information content (AvgIpc) is 3.13. The van der Waals surface area contributed by atoms with Crippen LogP contribution >= 0.6 is 11.8 Å². The van der Waals surface area contributed by atoms with Crippen LogP contribution < -0.4 is 10.8 Å². The van der Waals surface area contributed by atoms with Gasteiger partial charge in [-0.1, -0.05) is 60.7 Å². The summed E-state index contributed by atoms with van der Waals surface area (Å²) in [7, 11) is 0. The van der Waals surface area contributed by atoms with Gasteiger partial charge in [-0.2, -0.15) is 0 Å². The third-order valence-corrected chi connectivity index (χ3v) is 9.14. The summed E-state index contributed by atoms with van der Waals surface area (Å²) in [6.45, 7) is 0.298. The van der Waals surface area contributed by atoms with Crippen molar-refractivity contribution in [2.75, 3.05) is 5.75 Å². The quantitative estimate of drug-likeness (QED) is 0.0602. The van der Waals surface area contributed by atoms with E-state index in [0.29, 0.717) is 25.1 Å². The molecule has 5 rings (SSSR count). The molecule has 1 heterocycles. The number of hydrogen-bond acceptors (Lipinski definition) is 8. The highest BCUT2D eigenvalue weighted by Gasteiger charge is 2.32. The molecule has 1 fully saturated rings. The van der Waals surface area contributed by atoms with Gasteiger partial charge in [0.1, 0.15) is 0 Å². The molecule has 48 heavy (non-hydrogen) atoms. The number of hydrogen-bond donors (Lipinski definition) is 5. The Labute approximate surface area is 283 Å². The number of carbonyl (C=O) groups excluding carboxylic acids is 2. The summed E-state index contributed by atoms with van der Waals surface area (Å²) in [5.41, 5.74) is 7.32. The Morgan fingerprint density at radius 1 is 0.792 bits per heavy atom. The number of hydroxylamine groups is 1. The molecule has 10 nitrogen and oxygen atoms in total. The van der Waals surface area contributed by atoms with E-state index in [2.05, 4.69) is 5.32 Å². The molecule has 11 heteroatoms. The van der Waals surface area contributed by atoms with E-state index in [9.17, 15) is 24.6 Å². The van der Waals surface area contributed by atoms with Crippen molar-refractivity contribution in [2.24, 2.45) is 0 Å². The van der Waals surface area contributed by atoms with E-state index in [1.807, 2.05) is 72.8 Å². The number of thioether (sulfide) groups is 1. The first-order chi connectivity index (χ1) is 23.3. The number of aliphatic hydroxyl groups excluding tert-OH is 1. The van der Waals surface area contributed by atoms with E-state index in [1.54, 1.807) is 41.5 Å². The lowest BCUT2D eigenvalue weighted by Gasteiger charge is -2.36. The molecule has 1 saturated heterocycles. The van der Waals surface area contributed by atoms with Crippen LogP contribution in [-0.4, -0.2) is 45.1 Å². The Hall–Kier alpha value is -4.52. The van der Waals surface area contributed by atoms with Crippen molar-refractivity contribution in [3.05, 3.63) is 125 Å². The number of carboxylic acid groups (broad SMARTS) is 1. The molecule has 2 amide bonds. The molecular weight excluding hydrogens is 632 g/mol. The maximum Gasteiger partial charge on any atom is 0.335 e. The number of aromatic carboxylic acids is 1. The van der Waals surface area contributed by atoms with Crippen LogP contribution in [0.5, 0.6) is 0 Å². The van der Waals surface area contributed by atoms with Crippen LogP contribution in [0.4, 0.5) is 0 Å². The van der Waals surface area contributed by atoms with Crippen LogP contribution in [0.1, 0.15) is 70.7 Å². The summed E-state index contributed by atoms with van der Waals surface area (Å²) >= 11 is 1.60. The predicted molar refractivity (Wildman–Crippen MR) is 180 cm³/mol. The summed E-state index contributed by atoms with van der Waals surface area (Å²) in [6.07, 6.45) is 0.162. The van der Waals surface area contributed by atoms with E-state index in [4.69, 9.17) is 14.7 Å². The largest absolute Gasteiger partial charge is 0.478 e. The smallest absolute Gasteiger partial charge is 0.335 e. The molecule has 3 atom stereocenters. The zero-order valence-corrected chi connectivity index (χ0v) is 27.0. The second-order valence-electron chi connectivity index (χ2n) is 11.5. The summed E-state index contributed by atoms with van der Waals surface area (Å²) in [6, 6.07) is 30.4. The summed E-state index contributed by atoms with van der Waals surface area (Å²) in [5.74, 6) is -1.02. The van der Waals surface area contributed by atoms with Crippen LogP contribution in [0.25, 0.3) is 11.1 Å². The minimum atomic E-state index is -0.961. The molecular formula is C37H38N2O8S. The lowest BCUT2D eigenvalue weighted by molar-refractivity contribution is -0.245. The van der Waals surface area contributed by atoms with Crippen molar-refractivity contribution >= 4 is 29.5 Å². The van der Waals surface area contributed by atoms with Gasteiger partial charge < -0.3 is 25.0 Å². The fraction of sp³-hybridized carbons (Fsp3) is 0.270. The van der Waals surface area contributed by atoms with Crippen molar-refractivity contribution in [1.82, 2.24) is 10.8 Å². The van der Waals surface area contributed by atoms with E-state index < -0.39 is 18.2 Å². The topological polar surface area (TPSA) is 154 Å². The van der Waals surface area contributed by atoms with Gasteiger partial charge in [0.05, 0.1) is 24.4 Å². The van der Waals surface area contributed by atoms with E-state index in [0.717, 1.165) is 38.3 Å². The maximum absolute atomic E-state index is 12.2. The highest BCUT2D eigenvalue weighted by molar-refractivity contribution is 7.99. The molecule has 0 aromatic heterocycles. The molecule has 0 bridgehead atoms. The molecule has 0 aliphatic carbocycles. The summed E-state index contributed by atoms with van der Waals surface area (Å²) < 4.78 is 13.1. The third-order valence-electron chi connectivity index (χ3n) is 7.99. The highest BCUT2D eigenvalue weighted by atomic mass is 32.2. The minimum absolute atomic E-state index is 0.0384.